The predicted octanol–water partition coefficient (Wildman–Crippen LogP) is 4.23. The van der Waals surface area contributed by atoms with E-state index >= 15 is 0 Å². The van der Waals surface area contributed by atoms with Gasteiger partial charge in [0.25, 0.3) is 5.91 Å². The Labute approximate surface area is 135 Å². The standard InChI is InChI=1S/C17H18ClNO3/c1-10-7-11(2)16(14(18)8-10)19-17(20)13-9-12(21-3)5-6-15(13)22-4/h5-9H,1-4H3,(H,19,20). The highest BCUT2D eigenvalue weighted by Crippen LogP contribution is 2.30. The summed E-state index contributed by atoms with van der Waals surface area (Å²) in [6.45, 7) is 3.85. The van der Waals surface area contributed by atoms with Gasteiger partial charge in [0.2, 0.25) is 0 Å². The van der Waals surface area contributed by atoms with Gasteiger partial charge in [-0.3, -0.25) is 4.79 Å². The molecular weight excluding hydrogens is 302 g/mol. The number of benzene rings is 2. The van der Waals surface area contributed by atoms with Gasteiger partial charge in [-0.05, 0) is 49.2 Å². The average molecular weight is 320 g/mol. The van der Waals surface area contributed by atoms with Crippen molar-refractivity contribution in [3.8, 4) is 11.5 Å². The van der Waals surface area contributed by atoms with E-state index in [2.05, 4.69) is 5.32 Å². The number of amides is 1. The average Bonchev–Trinajstić information content (AvgIpc) is 2.49. The summed E-state index contributed by atoms with van der Waals surface area (Å²) in [6.07, 6.45) is 0. The van der Waals surface area contributed by atoms with E-state index in [1.165, 1.54) is 7.11 Å². The molecule has 2 rings (SSSR count). The summed E-state index contributed by atoms with van der Waals surface area (Å²) in [4.78, 5) is 12.5. The Morgan fingerprint density at radius 2 is 1.82 bits per heavy atom. The first kappa shape index (κ1) is 16.2. The number of rotatable bonds is 4. The SMILES string of the molecule is COc1ccc(OC)c(C(=O)Nc2c(C)cc(C)cc2Cl)c1. The molecular formula is C17H18ClNO3. The Morgan fingerprint density at radius 3 is 2.41 bits per heavy atom. The van der Waals surface area contributed by atoms with Crippen LogP contribution in [0.3, 0.4) is 0 Å². The highest BCUT2D eigenvalue weighted by atomic mass is 35.5. The molecule has 0 unspecified atom stereocenters. The van der Waals surface area contributed by atoms with E-state index in [-0.39, 0.29) is 5.91 Å². The maximum absolute atomic E-state index is 12.5. The van der Waals surface area contributed by atoms with Gasteiger partial charge in [-0.1, -0.05) is 17.7 Å². The topological polar surface area (TPSA) is 47.6 Å². The number of nitrogens with one attached hydrogen (secondary N) is 1. The first-order chi connectivity index (χ1) is 10.5. The molecule has 0 aliphatic carbocycles. The summed E-state index contributed by atoms with van der Waals surface area (Å²) in [6, 6.07) is 8.83. The molecule has 22 heavy (non-hydrogen) atoms. The Bertz CT molecular complexity index is 690. The van der Waals surface area contributed by atoms with Gasteiger partial charge in [-0.15, -0.1) is 0 Å². The quantitative estimate of drug-likeness (QED) is 0.917. The molecule has 116 valence electrons. The number of ether oxygens (including phenoxy) is 2. The molecule has 0 radical (unpaired) electrons. The molecule has 0 aromatic heterocycles. The Balaban J connectivity index is 2.37. The molecule has 0 aliphatic rings. The van der Waals surface area contributed by atoms with Crippen molar-refractivity contribution in [2.45, 2.75) is 13.8 Å². The van der Waals surface area contributed by atoms with E-state index in [1.54, 1.807) is 25.3 Å². The van der Waals surface area contributed by atoms with Crippen LogP contribution in [0.1, 0.15) is 21.5 Å². The third-order valence-corrected chi connectivity index (χ3v) is 3.62. The molecule has 0 heterocycles. The highest BCUT2D eigenvalue weighted by molar-refractivity contribution is 6.34. The summed E-state index contributed by atoms with van der Waals surface area (Å²) in [5.41, 5.74) is 2.93. The van der Waals surface area contributed by atoms with Crippen LogP contribution in [0.2, 0.25) is 5.02 Å². The number of aryl methyl sites for hydroxylation is 2. The first-order valence-electron chi connectivity index (χ1n) is 6.76. The van der Waals surface area contributed by atoms with Gasteiger partial charge >= 0.3 is 0 Å². The fraction of sp³-hybridized carbons (Fsp3) is 0.235. The van der Waals surface area contributed by atoms with Gasteiger partial charge in [0, 0.05) is 0 Å². The van der Waals surface area contributed by atoms with Crippen LogP contribution in [0.25, 0.3) is 0 Å². The van der Waals surface area contributed by atoms with Crippen molar-refractivity contribution in [1.82, 2.24) is 0 Å². The molecule has 0 saturated heterocycles. The second-order valence-electron chi connectivity index (χ2n) is 4.96. The van der Waals surface area contributed by atoms with E-state index in [4.69, 9.17) is 21.1 Å². The number of anilines is 1. The van der Waals surface area contributed by atoms with Crippen LogP contribution in [0.15, 0.2) is 30.3 Å². The van der Waals surface area contributed by atoms with Gasteiger partial charge in [-0.2, -0.15) is 0 Å². The zero-order valence-electron chi connectivity index (χ0n) is 13.0. The van der Waals surface area contributed by atoms with Crippen molar-refractivity contribution in [3.05, 3.63) is 52.0 Å². The van der Waals surface area contributed by atoms with E-state index in [9.17, 15) is 4.79 Å². The molecule has 0 aliphatic heterocycles. The van der Waals surface area contributed by atoms with Gasteiger partial charge < -0.3 is 14.8 Å². The minimum Gasteiger partial charge on any atom is -0.497 e. The van der Waals surface area contributed by atoms with Crippen LogP contribution in [0, 0.1) is 13.8 Å². The van der Waals surface area contributed by atoms with Crippen LogP contribution >= 0.6 is 11.6 Å². The van der Waals surface area contributed by atoms with Crippen molar-refractivity contribution in [1.29, 1.82) is 0 Å². The molecule has 5 heteroatoms. The zero-order chi connectivity index (χ0) is 16.3. The highest BCUT2D eigenvalue weighted by Gasteiger charge is 2.16. The minimum atomic E-state index is -0.301. The summed E-state index contributed by atoms with van der Waals surface area (Å²) in [5, 5.41) is 3.35. The van der Waals surface area contributed by atoms with Crippen molar-refractivity contribution in [3.63, 3.8) is 0 Å². The minimum absolute atomic E-state index is 0.301. The normalized spacial score (nSPS) is 10.2. The van der Waals surface area contributed by atoms with Crippen molar-refractivity contribution in [2.24, 2.45) is 0 Å². The molecule has 0 spiro atoms. The van der Waals surface area contributed by atoms with Gasteiger partial charge in [0.05, 0.1) is 30.5 Å². The molecule has 1 N–H and O–H groups in total. The Hall–Kier alpha value is -2.20. The third-order valence-electron chi connectivity index (χ3n) is 3.32. The van der Waals surface area contributed by atoms with Crippen LogP contribution in [-0.4, -0.2) is 20.1 Å². The van der Waals surface area contributed by atoms with Crippen LogP contribution in [0.5, 0.6) is 11.5 Å². The second kappa shape index (κ2) is 6.71. The smallest absolute Gasteiger partial charge is 0.259 e. The number of hydrogen-bond acceptors (Lipinski definition) is 3. The van der Waals surface area contributed by atoms with Gasteiger partial charge in [-0.25, -0.2) is 0 Å². The number of carbonyl (C=O) groups excluding carboxylic acids is 1. The summed E-state index contributed by atoms with van der Waals surface area (Å²) < 4.78 is 10.4. The molecule has 0 saturated carbocycles. The van der Waals surface area contributed by atoms with Gasteiger partial charge in [0.15, 0.2) is 0 Å². The van der Waals surface area contributed by atoms with Crippen LogP contribution < -0.4 is 14.8 Å². The van der Waals surface area contributed by atoms with E-state index < -0.39 is 0 Å². The lowest BCUT2D eigenvalue weighted by atomic mass is 10.1. The molecule has 0 bridgehead atoms. The predicted molar refractivity (Wildman–Crippen MR) is 88.4 cm³/mol. The number of methoxy groups -OCH3 is 2. The maximum Gasteiger partial charge on any atom is 0.259 e. The molecule has 2 aromatic carbocycles. The van der Waals surface area contributed by atoms with Gasteiger partial charge in [0.1, 0.15) is 11.5 Å². The second-order valence-corrected chi connectivity index (χ2v) is 5.37. The number of halogens is 1. The van der Waals surface area contributed by atoms with Crippen molar-refractivity contribution in [2.75, 3.05) is 19.5 Å². The number of hydrogen-bond donors (Lipinski definition) is 1. The molecule has 2 aromatic rings. The number of carbonyl (C=O) groups is 1. The largest absolute Gasteiger partial charge is 0.497 e. The lowest BCUT2D eigenvalue weighted by Crippen LogP contribution is -2.14. The Kier molecular flexibility index (Phi) is 4.93. The fourth-order valence-electron chi connectivity index (χ4n) is 2.25. The lowest BCUT2D eigenvalue weighted by molar-refractivity contribution is 0.102. The molecule has 4 nitrogen and oxygen atoms in total. The third kappa shape index (κ3) is 3.34. The van der Waals surface area contributed by atoms with E-state index in [1.807, 2.05) is 26.0 Å². The summed E-state index contributed by atoms with van der Waals surface area (Å²) in [5.74, 6) is 0.751. The van der Waals surface area contributed by atoms with Crippen molar-refractivity contribution >= 4 is 23.2 Å². The lowest BCUT2D eigenvalue weighted by Gasteiger charge is -2.14. The first-order valence-corrected chi connectivity index (χ1v) is 7.14. The summed E-state index contributed by atoms with van der Waals surface area (Å²) in [7, 11) is 3.06. The zero-order valence-corrected chi connectivity index (χ0v) is 13.7. The van der Waals surface area contributed by atoms with Crippen molar-refractivity contribution < 1.29 is 14.3 Å². The van der Waals surface area contributed by atoms with E-state index in [0.29, 0.717) is 27.8 Å². The monoisotopic (exact) mass is 319 g/mol. The molecule has 0 atom stereocenters. The van der Waals surface area contributed by atoms with Crippen LogP contribution in [-0.2, 0) is 0 Å². The summed E-state index contributed by atoms with van der Waals surface area (Å²) >= 11 is 6.23. The molecule has 0 fully saturated rings. The molecule has 1 amide bonds. The fourth-order valence-corrected chi connectivity index (χ4v) is 2.61. The van der Waals surface area contributed by atoms with E-state index in [0.717, 1.165) is 11.1 Å². The van der Waals surface area contributed by atoms with Crippen LogP contribution in [0.4, 0.5) is 5.69 Å². The maximum atomic E-state index is 12.5. The Morgan fingerprint density at radius 1 is 1.09 bits per heavy atom.